The van der Waals surface area contributed by atoms with Crippen molar-refractivity contribution in [1.82, 2.24) is 0 Å². The van der Waals surface area contributed by atoms with Gasteiger partial charge in [0.15, 0.2) is 0 Å². The van der Waals surface area contributed by atoms with Crippen molar-refractivity contribution in [2.75, 3.05) is 0 Å². The summed E-state index contributed by atoms with van der Waals surface area (Å²) in [6.07, 6.45) is 2.98. The number of rotatable bonds is 3. The predicted octanol–water partition coefficient (Wildman–Crippen LogP) is 1.06. The van der Waals surface area contributed by atoms with E-state index in [0.717, 1.165) is 6.21 Å². The van der Waals surface area contributed by atoms with Crippen molar-refractivity contribution in [2.45, 2.75) is 13.3 Å². The normalized spacial score (nSPS) is 11.0. The van der Waals surface area contributed by atoms with E-state index in [4.69, 9.17) is 10.5 Å². The van der Waals surface area contributed by atoms with Crippen LogP contribution in [0.3, 0.4) is 0 Å². The Morgan fingerprint density at radius 2 is 2.33 bits per heavy atom. The molecule has 0 spiro atoms. The van der Waals surface area contributed by atoms with Crippen LogP contribution in [0, 0.1) is 5.41 Å². The fraction of sp³-hybridized carbons (Fsp3) is 0.333. The summed E-state index contributed by atoms with van der Waals surface area (Å²) in [4.78, 5) is 10.1. The molecule has 0 aliphatic rings. The van der Waals surface area contributed by atoms with Crippen LogP contribution >= 0.6 is 0 Å². The number of allylic oxidation sites excluding steroid dienone is 1. The van der Waals surface area contributed by atoms with Crippen molar-refractivity contribution >= 4 is 12.2 Å². The minimum Gasteiger partial charge on any atom is -0.478 e. The first kappa shape index (κ1) is 7.88. The Kier molecular flexibility index (Phi) is 3.35. The molecule has 0 radical (unpaired) electrons. The number of aliphatic carboxylic acids is 1. The molecule has 0 amide bonds. The van der Waals surface area contributed by atoms with Gasteiger partial charge in [-0.1, -0.05) is 13.0 Å². The lowest BCUT2D eigenvalue weighted by Gasteiger charge is -1.88. The first-order valence-electron chi connectivity index (χ1n) is 2.66. The fourth-order valence-electron chi connectivity index (χ4n) is 0.428. The highest BCUT2D eigenvalue weighted by molar-refractivity contribution is 6.07. The van der Waals surface area contributed by atoms with E-state index in [2.05, 4.69) is 0 Å². The monoisotopic (exact) mass is 127 g/mol. The Hall–Kier alpha value is -1.12. The fourth-order valence-corrected chi connectivity index (χ4v) is 0.428. The Labute approximate surface area is 53.5 Å². The SMILES string of the molecule is CC/C=C(\C=N)C(=O)O. The van der Waals surface area contributed by atoms with Crippen LogP contribution in [0.2, 0.25) is 0 Å². The van der Waals surface area contributed by atoms with Crippen LogP contribution in [-0.4, -0.2) is 17.3 Å². The first-order chi connectivity index (χ1) is 4.22. The molecule has 0 bridgehead atoms. The maximum absolute atomic E-state index is 10.1. The molecule has 0 unspecified atom stereocenters. The van der Waals surface area contributed by atoms with Crippen LogP contribution in [0.5, 0.6) is 0 Å². The lowest BCUT2D eigenvalue weighted by Crippen LogP contribution is -2.00. The molecule has 0 aromatic carbocycles. The highest BCUT2D eigenvalue weighted by atomic mass is 16.4. The lowest BCUT2D eigenvalue weighted by molar-refractivity contribution is -0.132. The third-order valence-corrected chi connectivity index (χ3v) is 0.826. The van der Waals surface area contributed by atoms with E-state index in [0.29, 0.717) is 6.42 Å². The van der Waals surface area contributed by atoms with Crippen molar-refractivity contribution in [3.63, 3.8) is 0 Å². The van der Waals surface area contributed by atoms with E-state index < -0.39 is 5.97 Å². The maximum atomic E-state index is 10.1. The summed E-state index contributed by atoms with van der Waals surface area (Å²) < 4.78 is 0. The molecule has 3 nitrogen and oxygen atoms in total. The van der Waals surface area contributed by atoms with Crippen LogP contribution in [0.4, 0.5) is 0 Å². The number of carbonyl (C=O) groups is 1. The van der Waals surface area contributed by atoms with Gasteiger partial charge in [-0.05, 0) is 6.42 Å². The molecule has 0 aromatic rings. The van der Waals surface area contributed by atoms with Gasteiger partial charge in [0.25, 0.3) is 0 Å². The Morgan fingerprint density at radius 1 is 1.78 bits per heavy atom. The Bertz CT molecular complexity index is 149. The van der Waals surface area contributed by atoms with Crippen molar-refractivity contribution in [3.05, 3.63) is 11.6 Å². The molecule has 0 heterocycles. The lowest BCUT2D eigenvalue weighted by atomic mass is 10.2. The summed E-state index contributed by atoms with van der Waals surface area (Å²) in [7, 11) is 0. The van der Waals surface area contributed by atoms with Crippen LogP contribution in [0.1, 0.15) is 13.3 Å². The standard InChI is InChI=1S/C6H9NO2/c1-2-3-5(4-7)6(8)9/h3-4,7H,2H2,1H3,(H,8,9)/b5-3+,7-4?. The zero-order valence-electron chi connectivity index (χ0n) is 5.22. The molecule has 0 saturated carbocycles. The van der Waals surface area contributed by atoms with Gasteiger partial charge < -0.3 is 10.5 Å². The number of hydrogen-bond acceptors (Lipinski definition) is 2. The van der Waals surface area contributed by atoms with Crippen molar-refractivity contribution in [1.29, 1.82) is 5.41 Å². The topological polar surface area (TPSA) is 61.2 Å². The summed E-state index contributed by atoms with van der Waals surface area (Å²) in [6.45, 7) is 1.83. The molecule has 0 aliphatic heterocycles. The second-order valence-corrected chi connectivity index (χ2v) is 1.52. The molecule has 50 valence electrons. The van der Waals surface area contributed by atoms with Crippen LogP contribution in [0.25, 0.3) is 0 Å². The summed E-state index contributed by atoms with van der Waals surface area (Å²) in [5.74, 6) is -1.04. The van der Waals surface area contributed by atoms with E-state index in [9.17, 15) is 4.79 Å². The number of nitrogens with one attached hydrogen (secondary N) is 1. The van der Waals surface area contributed by atoms with E-state index in [1.165, 1.54) is 6.08 Å². The maximum Gasteiger partial charge on any atom is 0.336 e. The predicted molar refractivity (Wildman–Crippen MR) is 34.8 cm³/mol. The Morgan fingerprint density at radius 3 is 2.44 bits per heavy atom. The third-order valence-electron chi connectivity index (χ3n) is 0.826. The van der Waals surface area contributed by atoms with Gasteiger partial charge in [-0.2, -0.15) is 0 Å². The van der Waals surface area contributed by atoms with Gasteiger partial charge >= 0.3 is 5.97 Å². The number of hydrogen-bond donors (Lipinski definition) is 2. The molecule has 0 aliphatic carbocycles. The van der Waals surface area contributed by atoms with Gasteiger partial charge in [-0.3, -0.25) is 0 Å². The smallest absolute Gasteiger partial charge is 0.336 e. The molecule has 0 fully saturated rings. The van der Waals surface area contributed by atoms with Gasteiger partial charge in [-0.25, -0.2) is 4.79 Å². The van der Waals surface area contributed by atoms with Gasteiger partial charge in [0.2, 0.25) is 0 Å². The van der Waals surface area contributed by atoms with Crippen molar-refractivity contribution in [3.8, 4) is 0 Å². The van der Waals surface area contributed by atoms with Crippen molar-refractivity contribution in [2.24, 2.45) is 0 Å². The van der Waals surface area contributed by atoms with Crippen LogP contribution in [-0.2, 0) is 4.79 Å². The third kappa shape index (κ3) is 2.64. The van der Waals surface area contributed by atoms with E-state index in [1.807, 2.05) is 6.92 Å². The highest BCUT2D eigenvalue weighted by Gasteiger charge is 1.99. The minimum absolute atomic E-state index is 0.0532. The second kappa shape index (κ2) is 3.83. The van der Waals surface area contributed by atoms with Gasteiger partial charge in [0, 0.05) is 6.21 Å². The van der Waals surface area contributed by atoms with Gasteiger partial charge in [0.1, 0.15) is 0 Å². The minimum atomic E-state index is -1.04. The molecule has 0 aromatic heterocycles. The van der Waals surface area contributed by atoms with Crippen molar-refractivity contribution < 1.29 is 9.90 Å². The van der Waals surface area contributed by atoms with Gasteiger partial charge in [-0.15, -0.1) is 0 Å². The molecular formula is C6H9NO2. The molecule has 2 N–H and O–H groups in total. The van der Waals surface area contributed by atoms with E-state index in [-0.39, 0.29) is 5.57 Å². The second-order valence-electron chi connectivity index (χ2n) is 1.52. The summed E-state index contributed by atoms with van der Waals surface area (Å²) in [6, 6.07) is 0. The largest absolute Gasteiger partial charge is 0.478 e. The quantitative estimate of drug-likeness (QED) is 0.439. The molecular weight excluding hydrogens is 118 g/mol. The van der Waals surface area contributed by atoms with Gasteiger partial charge in [0.05, 0.1) is 5.57 Å². The summed E-state index contributed by atoms with van der Waals surface area (Å²) >= 11 is 0. The molecule has 0 saturated heterocycles. The zero-order chi connectivity index (χ0) is 7.28. The molecule has 0 rings (SSSR count). The highest BCUT2D eigenvalue weighted by Crippen LogP contribution is 1.91. The summed E-state index contributed by atoms with van der Waals surface area (Å²) in [5.41, 5.74) is 0.0532. The molecule has 9 heavy (non-hydrogen) atoms. The molecule has 0 atom stereocenters. The van der Waals surface area contributed by atoms with E-state index in [1.54, 1.807) is 0 Å². The number of carboxylic acid groups (broad SMARTS) is 1. The van der Waals surface area contributed by atoms with Crippen LogP contribution < -0.4 is 0 Å². The number of carboxylic acids is 1. The first-order valence-corrected chi connectivity index (χ1v) is 2.66. The molecule has 3 heteroatoms. The Balaban J connectivity index is 4.14. The van der Waals surface area contributed by atoms with Crippen LogP contribution in [0.15, 0.2) is 11.6 Å². The van der Waals surface area contributed by atoms with E-state index >= 15 is 0 Å². The average Bonchev–Trinajstić information content (AvgIpc) is 1.82. The average molecular weight is 127 g/mol. The zero-order valence-corrected chi connectivity index (χ0v) is 5.22. The summed E-state index contributed by atoms with van der Waals surface area (Å²) in [5, 5.41) is 14.9.